The van der Waals surface area contributed by atoms with E-state index in [0.29, 0.717) is 38.5 Å². The average molecular weight is 697 g/mol. The van der Waals surface area contributed by atoms with E-state index in [4.69, 9.17) is 25.8 Å². The lowest BCUT2D eigenvalue weighted by Gasteiger charge is -2.48. The summed E-state index contributed by atoms with van der Waals surface area (Å²) in [4.78, 5) is 15.6. The normalized spacial score (nSPS) is 23.3. The van der Waals surface area contributed by atoms with Gasteiger partial charge in [-0.25, -0.2) is 13.1 Å². The molecule has 2 aromatic carbocycles. The van der Waals surface area contributed by atoms with E-state index in [1.165, 1.54) is 11.1 Å². The number of amides is 1. The maximum Gasteiger partial charge on any atom is 0.264 e. The molecule has 1 spiro atoms. The van der Waals surface area contributed by atoms with E-state index in [0.717, 1.165) is 49.2 Å². The second kappa shape index (κ2) is 15.2. The number of carbonyl (C=O) groups excluding carboxylic acids is 1. The summed E-state index contributed by atoms with van der Waals surface area (Å²) >= 11 is 6.45. The van der Waals surface area contributed by atoms with Crippen molar-refractivity contribution in [2.75, 3.05) is 45.4 Å². The van der Waals surface area contributed by atoms with Crippen molar-refractivity contribution in [3.05, 3.63) is 70.3 Å². The van der Waals surface area contributed by atoms with Gasteiger partial charge in [-0.1, -0.05) is 42.5 Å². The van der Waals surface area contributed by atoms with Gasteiger partial charge in [0.1, 0.15) is 11.4 Å². The molecule has 2 aliphatic carbocycles. The van der Waals surface area contributed by atoms with Gasteiger partial charge in [0.25, 0.3) is 5.91 Å². The summed E-state index contributed by atoms with van der Waals surface area (Å²) in [5.41, 5.74) is 2.54. The second-order valence-electron chi connectivity index (χ2n) is 13.6. The Balaban J connectivity index is 1.54. The molecule has 8 nitrogen and oxygen atoms in total. The highest BCUT2D eigenvalue weighted by Crippen LogP contribution is 2.48. The maximum atomic E-state index is 13.3. The van der Waals surface area contributed by atoms with Gasteiger partial charge in [0, 0.05) is 55.6 Å². The van der Waals surface area contributed by atoms with Crippen molar-refractivity contribution in [3.8, 4) is 17.6 Å². The summed E-state index contributed by atoms with van der Waals surface area (Å²) in [6.45, 7) is 7.62. The van der Waals surface area contributed by atoms with E-state index in [-0.39, 0.29) is 22.8 Å². The van der Waals surface area contributed by atoms with Crippen LogP contribution in [0, 0.1) is 23.7 Å². The fourth-order valence-corrected chi connectivity index (χ4v) is 8.18. The van der Waals surface area contributed by atoms with Crippen LogP contribution in [0.25, 0.3) is 0 Å². The number of allylic oxidation sites excluding steroid dienone is 1. The average Bonchev–Trinajstić information content (AvgIpc) is 3.20. The van der Waals surface area contributed by atoms with E-state index in [9.17, 15) is 13.2 Å². The van der Waals surface area contributed by atoms with Gasteiger partial charge in [0.15, 0.2) is 0 Å². The van der Waals surface area contributed by atoms with E-state index in [2.05, 4.69) is 52.7 Å². The first-order valence-corrected chi connectivity index (χ1v) is 19.0. The Morgan fingerprint density at radius 2 is 2.04 bits per heavy atom. The molecule has 1 fully saturated rings. The molecule has 1 aliphatic heterocycles. The fourth-order valence-electron chi connectivity index (χ4n) is 7.37. The van der Waals surface area contributed by atoms with Crippen LogP contribution >= 0.6 is 11.6 Å². The molecule has 1 saturated carbocycles. The fraction of sp³-hybridized carbons (Fsp3) is 0.553. The number of fused-ring (bicyclic) bond motifs is 3. The van der Waals surface area contributed by atoms with Gasteiger partial charge in [-0.05, 0) is 106 Å². The van der Waals surface area contributed by atoms with Gasteiger partial charge in [-0.3, -0.25) is 4.79 Å². The van der Waals surface area contributed by atoms with Crippen molar-refractivity contribution in [3.63, 3.8) is 0 Å². The number of nitrogens with zero attached hydrogens (tertiary/aromatic N) is 1. The highest BCUT2D eigenvalue weighted by Gasteiger charge is 2.48. The number of methoxy groups -OCH3 is 2. The van der Waals surface area contributed by atoms with Crippen LogP contribution in [-0.4, -0.2) is 65.7 Å². The Bertz CT molecular complexity index is 1680. The van der Waals surface area contributed by atoms with Crippen molar-refractivity contribution >= 4 is 33.2 Å². The lowest BCUT2D eigenvalue weighted by molar-refractivity contribution is -0.0351. The third-order valence-corrected chi connectivity index (χ3v) is 12.2. The monoisotopic (exact) mass is 696 g/mol. The Morgan fingerprint density at radius 3 is 2.73 bits per heavy atom. The first kappa shape index (κ1) is 36.3. The number of sulfonamides is 1. The first-order valence-electron chi connectivity index (χ1n) is 17.1. The molecule has 1 amide bonds. The van der Waals surface area contributed by atoms with E-state index >= 15 is 0 Å². The zero-order chi connectivity index (χ0) is 34.5. The van der Waals surface area contributed by atoms with E-state index < -0.39 is 26.8 Å². The van der Waals surface area contributed by atoms with Crippen molar-refractivity contribution in [1.29, 1.82) is 0 Å². The molecule has 1 N–H and O–H groups in total. The third-order valence-electron chi connectivity index (χ3n) is 10.2. The van der Waals surface area contributed by atoms with Crippen molar-refractivity contribution in [2.45, 2.75) is 82.0 Å². The molecule has 1 heterocycles. The Kier molecular flexibility index (Phi) is 11.5. The van der Waals surface area contributed by atoms with Gasteiger partial charge in [0.05, 0.1) is 24.2 Å². The summed E-state index contributed by atoms with van der Waals surface area (Å²) in [5.74, 6) is 7.21. The largest absolute Gasteiger partial charge is 0.490 e. The maximum absolute atomic E-state index is 13.3. The minimum Gasteiger partial charge on any atom is -0.490 e. The van der Waals surface area contributed by atoms with Crippen molar-refractivity contribution < 1.29 is 27.4 Å². The van der Waals surface area contributed by atoms with Gasteiger partial charge in [0.2, 0.25) is 10.0 Å². The summed E-state index contributed by atoms with van der Waals surface area (Å²) in [6.07, 6.45) is 10.7. The molecule has 10 heteroatoms. The predicted molar refractivity (Wildman–Crippen MR) is 191 cm³/mol. The number of anilines is 1. The standard InChI is InChI=1S/C38H49ClN2O6S/c1-6-7-19-38(46-5,20-8-9-21-45-4)33-15-12-30(33)24-41-25-37(18-10-11-28-22-31(39)14-16-32(28)37)26-47-35-17-13-29(23-34(35)41)36(42)40-48(43,44)27(2)3/h7,13-14,16-17,19,22-23,27,30,33H,6,9-12,15,18,21,24-26H2,1-5H3,(H,40,42)/b19-7+/t30-,33+,37-,38-/m0/s1. The van der Waals surface area contributed by atoms with Crippen LogP contribution in [0.5, 0.6) is 5.75 Å². The van der Waals surface area contributed by atoms with Crippen LogP contribution in [0.15, 0.2) is 48.6 Å². The molecule has 2 aromatic rings. The highest BCUT2D eigenvalue weighted by atomic mass is 35.5. The Hall–Kier alpha value is -3.03. The minimum atomic E-state index is -3.80. The Labute approximate surface area is 291 Å². The molecule has 260 valence electrons. The molecule has 0 unspecified atom stereocenters. The topological polar surface area (TPSA) is 94.2 Å². The second-order valence-corrected chi connectivity index (χ2v) is 16.3. The third kappa shape index (κ3) is 7.57. The molecule has 0 radical (unpaired) electrons. The quantitative estimate of drug-likeness (QED) is 0.159. The summed E-state index contributed by atoms with van der Waals surface area (Å²) < 4.78 is 45.5. The molecular formula is C38H49ClN2O6S. The van der Waals surface area contributed by atoms with Crippen LogP contribution in [0.4, 0.5) is 5.69 Å². The molecular weight excluding hydrogens is 648 g/mol. The summed E-state index contributed by atoms with van der Waals surface area (Å²) in [5, 5.41) is -0.00904. The van der Waals surface area contributed by atoms with Crippen LogP contribution in [-0.2, 0) is 31.3 Å². The molecule has 3 aliphatic rings. The van der Waals surface area contributed by atoms with E-state index in [1.54, 1.807) is 46.3 Å². The number of hydrogen-bond acceptors (Lipinski definition) is 7. The van der Waals surface area contributed by atoms with Gasteiger partial charge in [-0.15, -0.1) is 0 Å². The number of hydrogen-bond donors (Lipinski definition) is 1. The predicted octanol–water partition coefficient (Wildman–Crippen LogP) is 6.70. The Morgan fingerprint density at radius 1 is 1.23 bits per heavy atom. The summed E-state index contributed by atoms with van der Waals surface area (Å²) in [7, 11) is -0.384. The molecule has 4 atom stereocenters. The van der Waals surface area contributed by atoms with Crippen LogP contribution in [0.1, 0.15) is 80.8 Å². The number of benzene rings is 2. The van der Waals surface area contributed by atoms with Crippen LogP contribution < -0.4 is 14.4 Å². The molecule has 0 bridgehead atoms. The number of ether oxygens (including phenoxy) is 3. The molecule has 5 rings (SSSR count). The smallest absolute Gasteiger partial charge is 0.264 e. The van der Waals surface area contributed by atoms with Crippen molar-refractivity contribution in [1.82, 2.24) is 4.72 Å². The number of nitrogens with one attached hydrogen (secondary N) is 1. The van der Waals surface area contributed by atoms with Gasteiger partial charge < -0.3 is 19.1 Å². The molecule has 0 saturated heterocycles. The highest BCUT2D eigenvalue weighted by molar-refractivity contribution is 7.90. The number of rotatable bonds is 11. The minimum absolute atomic E-state index is 0.157. The zero-order valence-corrected chi connectivity index (χ0v) is 30.4. The number of aryl methyl sites for hydroxylation is 1. The first-order chi connectivity index (χ1) is 23.0. The number of carbonyl (C=O) groups is 1. The number of halogens is 1. The lowest BCUT2D eigenvalue weighted by Crippen LogP contribution is -2.52. The molecule has 0 aromatic heterocycles. The lowest BCUT2D eigenvalue weighted by atomic mass is 9.64. The zero-order valence-electron chi connectivity index (χ0n) is 28.8. The van der Waals surface area contributed by atoms with Crippen LogP contribution in [0.2, 0.25) is 5.02 Å². The van der Waals surface area contributed by atoms with Gasteiger partial charge >= 0.3 is 0 Å². The van der Waals surface area contributed by atoms with E-state index in [1.807, 2.05) is 6.07 Å². The van der Waals surface area contributed by atoms with Crippen LogP contribution in [0.3, 0.4) is 0 Å². The van der Waals surface area contributed by atoms with Crippen molar-refractivity contribution in [2.24, 2.45) is 11.8 Å². The van der Waals surface area contributed by atoms with Gasteiger partial charge in [-0.2, -0.15) is 0 Å². The molecule has 48 heavy (non-hydrogen) atoms. The summed E-state index contributed by atoms with van der Waals surface area (Å²) in [6, 6.07) is 11.4. The SMILES string of the molecule is CC/C=C/[C@@](C#CCCOC)(OC)[C@@H]1CC[C@H]1CN1C[C@@]2(CCCc3cc(Cl)ccc32)COc2ccc(C(=O)NS(=O)(=O)C(C)C)cc21.